The average Bonchev–Trinajstić information content (AvgIpc) is 2.88. The molecule has 1 aliphatic rings. The zero-order chi connectivity index (χ0) is 17.5. The van der Waals surface area contributed by atoms with Gasteiger partial charge in [0.25, 0.3) is 0 Å². The first-order chi connectivity index (χ1) is 11.2. The first kappa shape index (κ1) is 16.5. The van der Waals surface area contributed by atoms with Crippen molar-refractivity contribution >= 4 is 11.8 Å². The predicted octanol–water partition coefficient (Wildman–Crippen LogP) is 3.80. The van der Waals surface area contributed by atoms with Crippen molar-refractivity contribution in [3.63, 3.8) is 0 Å². The fourth-order valence-corrected chi connectivity index (χ4v) is 2.75. The van der Waals surface area contributed by atoms with E-state index in [0.29, 0.717) is 6.42 Å². The quantitative estimate of drug-likeness (QED) is 0.863. The minimum Gasteiger partial charge on any atom is -0.363 e. The third-order valence-electron chi connectivity index (χ3n) is 3.95. The summed E-state index contributed by atoms with van der Waals surface area (Å²) in [6.07, 6.45) is -3.19. The number of rotatable bonds is 3. The van der Waals surface area contributed by atoms with Crippen LogP contribution in [0.25, 0.3) is 0 Å². The van der Waals surface area contributed by atoms with Crippen LogP contribution in [-0.2, 0) is 12.6 Å². The molecule has 0 amide bonds. The van der Waals surface area contributed by atoms with Gasteiger partial charge in [0.1, 0.15) is 11.6 Å². The van der Waals surface area contributed by atoms with Crippen LogP contribution in [0.1, 0.15) is 29.3 Å². The van der Waals surface area contributed by atoms with Crippen molar-refractivity contribution in [2.24, 2.45) is 0 Å². The van der Waals surface area contributed by atoms with E-state index in [-0.39, 0.29) is 23.6 Å². The topological polar surface area (TPSA) is 41.1 Å². The number of hydrogen-bond donors (Lipinski definition) is 1. The Morgan fingerprint density at radius 2 is 1.92 bits per heavy atom. The molecule has 2 aromatic rings. The molecular weight excluding hydrogens is 324 g/mol. The summed E-state index contributed by atoms with van der Waals surface area (Å²) in [7, 11) is 3.21. The monoisotopic (exact) mass is 340 g/mol. The second-order valence-corrected chi connectivity index (χ2v) is 5.91. The molecule has 1 aliphatic carbocycles. The fourth-order valence-electron chi connectivity index (χ4n) is 2.75. The lowest BCUT2D eigenvalue weighted by atomic mass is 10.1. The predicted molar refractivity (Wildman–Crippen MR) is 82.4 cm³/mol. The van der Waals surface area contributed by atoms with E-state index in [4.69, 9.17) is 0 Å². The summed E-state index contributed by atoms with van der Waals surface area (Å²) in [6.45, 7) is 0. The van der Waals surface area contributed by atoms with E-state index in [9.17, 15) is 17.6 Å². The summed E-state index contributed by atoms with van der Waals surface area (Å²) in [5.41, 5.74) is 0.706. The standard InChI is InChI=1S/C16H16F4N4/c1-24(2)14-8-13(16(18,19)20)22-15(23-14)21-12-6-4-9-3-5-10(17)7-11(9)12/h3,5,7-8,12H,4,6H2,1-2H3,(H,21,22,23). The van der Waals surface area contributed by atoms with E-state index < -0.39 is 11.9 Å². The van der Waals surface area contributed by atoms with Crippen molar-refractivity contribution < 1.29 is 17.6 Å². The molecule has 0 aliphatic heterocycles. The molecule has 1 aromatic heterocycles. The molecule has 3 rings (SSSR count). The Labute approximate surface area is 136 Å². The van der Waals surface area contributed by atoms with Gasteiger partial charge in [-0.25, -0.2) is 9.37 Å². The summed E-state index contributed by atoms with van der Waals surface area (Å²) >= 11 is 0. The van der Waals surface area contributed by atoms with Crippen molar-refractivity contribution in [1.82, 2.24) is 9.97 Å². The van der Waals surface area contributed by atoms with E-state index in [0.717, 1.165) is 23.6 Å². The molecule has 0 saturated heterocycles. The lowest BCUT2D eigenvalue weighted by Gasteiger charge is -2.18. The van der Waals surface area contributed by atoms with Gasteiger partial charge >= 0.3 is 6.18 Å². The molecular formula is C16H16F4N4. The molecule has 4 nitrogen and oxygen atoms in total. The van der Waals surface area contributed by atoms with Crippen LogP contribution < -0.4 is 10.2 Å². The first-order valence-corrected chi connectivity index (χ1v) is 7.42. The SMILES string of the molecule is CN(C)c1cc(C(F)(F)F)nc(NC2CCc3ccc(F)cc32)n1. The Kier molecular flexibility index (Phi) is 4.06. The zero-order valence-corrected chi connectivity index (χ0v) is 13.2. The normalized spacial score (nSPS) is 16.8. The Morgan fingerprint density at radius 3 is 2.58 bits per heavy atom. The Balaban J connectivity index is 1.94. The Hall–Kier alpha value is -2.38. The first-order valence-electron chi connectivity index (χ1n) is 7.42. The number of hydrogen-bond acceptors (Lipinski definition) is 4. The zero-order valence-electron chi connectivity index (χ0n) is 13.2. The third kappa shape index (κ3) is 3.27. The van der Waals surface area contributed by atoms with E-state index in [1.54, 1.807) is 20.2 Å². The smallest absolute Gasteiger partial charge is 0.363 e. The second kappa shape index (κ2) is 5.92. The van der Waals surface area contributed by atoms with E-state index in [1.165, 1.54) is 17.0 Å². The van der Waals surface area contributed by atoms with Crippen LogP contribution >= 0.6 is 0 Å². The van der Waals surface area contributed by atoms with E-state index in [2.05, 4.69) is 15.3 Å². The molecule has 1 atom stereocenters. The highest BCUT2D eigenvalue weighted by molar-refractivity contribution is 5.47. The number of aromatic nitrogens is 2. The van der Waals surface area contributed by atoms with E-state index >= 15 is 0 Å². The maximum atomic E-state index is 13.4. The van der Waals surface area contributed by atoms with Gasteiger partial charge in [-0.05, 0) is 36.1 Å². The molecule has 8 heteroatoms. The molecule has 128 valence electrons. The summed E-state index contributed by atoms with van der Waals surface area (Å²) in [4.78, 5) is 9.17. The van der Waals surface area contributed by atoms with Gasteiger partial charge in [-0.3, -0.25) is 0 Å². The highest BCUT2D eigenvalue weighted by atomic mass is 19.4. The molecule has 1 N–H and O–H groups in total. The van der Waals surface area contributed by atoms with Crippen LogP contribution in [0.4, 0.5) is 29.3 Å². The number of nitrogens with one attached hydrogen (secondary N) is 1. The number of benzene rings is 1. The van der Waals surface area contributed by atoms with Gasteiger partial charge in [-0.1, -0.05) is 6.07 Å². The van der Waals surface area contributed by atoms with Crippen molar-refractivity contribution in [2.45, 2.75) is 25.1 Å². The highest BCUT2D eigenvalue weighted by Crippen LogP contribution is 2.35. The summed E-state index contributed by atoms with van der Waals surface area (Å²) in [6, 6.07) is 5.07. The average molecular weight is 340 g/mol. The Bertz CT molecular complexity index is 758. The second-order valence-electron chi connectivity index (χ2n) is 5.91. The maximum Gasteiger partial charge on any atom is 0.433 e. The number of alkyl halides is 3. The summed E-state index contributed by atoms with van der Waals surface area (Å²) in [5, 5.41) is 2.92. The lowest BCUT2D eigenvalue weighted by molar-refractivity contribution is -0.141. The van der Waals surface area contributed by atoms with Crippen molar-refractivity contribution in [1.29, 1.82) is 0 Å². The molecule has 0 fully saturated rings. The largest absolute Gasteiger partial charge is 0.433 e. The van der Waals surface area contributed by atoms with Gasteiger partial charge in [0.15, 0.2) is 5.69 Å². The molecule has 0 bridgehead atoms. The minimum absolute atomic E-state index is 0.115. The summed E-state index contributed by atoms with van der Waals surface area (Å²) < 4.78 is 52.5. The van der Waals surface area contributed by atoms with Gasteiger partial charge in [0.05, 0.1) is 6.04 Å². The molecule has 24 heavy (non-hydrogen) atoms. The lowest BCUT2D eigenvalue weighted by Crippen LogP contribution is -2.18. The van der Waals surface area contributed by atoms with Crippen LogP contribution in [0.15, 0.2) is 24.3 Å². The van der Waals surface area contributed by atoms with Gasteiger partial charge in [0.2, 0.25) is 5.95 Å². The van der Waals surface area contributed by atoms with Gasteiger partial charge < -0.3 is 10.2 Å². The van der Waals surface area contributed by atoms with Crippen LogP contribution in [0.5, 0.6) is 0 Å². The fraction of sp³-hybridized carbons (Fsp3) is 0.375. The van der Waals surface area contributed by atoms with Crippen LogP contribution in [0.3, 0.4) is 0 Å². The minimum atomic E-state index is -4.57. The third-order valence-corrected chi connectivity index (χ3v) is 3.95. The van der Waals surface area contributed by atoms with Crippen LogP contribution in [-0.4, -0.2) is 24.1 Å². The van der Waals surface area contributed by atoms with Crippen molar-refractivity contribution in [3.8, 4) is 0 Å². The number of nitrogens with zero attached hydrogens (tertiary/aromatic N) is 3. The summed E-state index contributed by atoms with van der Waals surface area (Å²) in [5.74, 6) is -0.339. The van der Waals surface area contributed by atoms with Crippen LogP contribution in [0.2, 0.25) is 0 Å². The maximum absolute atomic E-state index is 13.4. The molecule has 1 unspecified atom stereocenters. The highest BCUT2D eigenvalue weighted by Gasteiger charge is 2.34. The van der Waals surface area contributed by atoms with Gasteiger partial charge in [-0.2, -0.15) is 18.2 Å². The molecule has 1 aromatic carbocycles. The number of anilines is 2. The molecule has 0 radical (unpaired) electrons. The Morgan fingerprint density at radius 1 is 1.17 bits per heavy atom. The molecule has 0 saturated carbocycles. The van der Waals surface area contributed by atoms with Crippen molar-refractivity contribution in [2.75, 3.05) is 24.3 Å². The van der Waals surface area contributed by atoms with E-state index in [1.807, 2.05) is 0 Å². The van der Waals surface area contributed by atoms with Crippen LogP contribution in [0, 0.1) is 5.82 Å². The molecule has 0 spiro atoms. The number of halogens is 4. The van der Waals surface area contributed by atoms with Gasteiger partial charge in [0, 0.05) is 20.2 Å². The molecule has 1 heterocycles. The number of aryl methyl sites for hydroxylation is 1. The van der Waals surface area contributed by atoms with Crippen molar-refractivity contribution in [3.05, 3.63) is 46.9 Å². The number of fused-ring (bicyclic) bond motifs is 1. The van der Waals surface area contributed by atoms with Gasteiger partial charge in [-0.15, -0.1) is 0 Å².